The maximum absolute atomic E-state index is 13.6. The first-order valence-electron chi connectivity index (χ1n) is 9.68. The first kappa shape index (κ1) is 19.0. The Kier molecular flexibility index (Phi) is 4.88. The molecule has 0 bridgehead atoms. The number of fused-ring (bicyclic) bond motifs is 2. The average Bonchev–Trinajstić information content (AvgIpc) is 3.49. The number of furan rings is 1. The van der Waals surface area contributed by atoms with Crippen molar-refractivity contribution >= 4 is 43.6 Å². The summed E-state index contributed by atoms with van der Waals surface area (Å²) in [7, 11) is 1.56. The van der Waals surface area contributed by atoms with Crippen molar-refractivity contribution in [3.8, 4) is 5.75 Å². The molecule has 30 heavy (non-hydrogen) atoms. The Labute approximate surface area is 175 Å². The number of benzene rings is 2. The summed E-state index contributed by atoms with van der Waals surface area (Å²) in [5, 5.41) is 1.27. The van der Waals surface area contributed by atoms with Crippen LogP contribution in [0.2, 0.25) is 0 Å². The van der Waals surface area contributed by atoms with Crippen LogP contribution in [0, 0.1) is 5.82 Å². The highest BCUT2D eigenvalue weighted by atomic mass is 32.1. The molecule has 1 fully saturated rings. The quantitative estimate of drug-likeness (QED) is 0.449. The normalized spacial score (nSPS) is 16.4. The summed E-state index contributed by atoms with van der Waals surface area (Å²) in [6.07, 6.45) is 1.76. The number of rotatable bonds is 5. The SMILES string of the molecule is COc1cccc2cc(C(=O)N(CC3CCCO3)c3nc4ccc(F)cc4s3)oc12. The second kappa shape index (κ2) is 7.70. The third-order valence-corrected chi connectivity index (χ3v) is 6.21. The Bertz CT molecular complexity index is 1230. The van der Waals surface area contributed by atoms with Gasteiger partial charge in [0.1, 0.15) is 5.82 Å². The van der Waals surface area contributed by atoms with Crippen LogP contribution in [0.5, 0.6) is 5.75 Å². The molecule has 2 aromatic heterocycles. The minimum absolute atomic E-state index is 0.0726. The number of anilines is 1. The van der Waals surface area contributed by atoms with Crippen LogP contribution in [0.15, 0.2) is 46.9 Å². The number of amides is 1. The fraction of sp³-hybridized carbons (Fsp3) is 0.273. The highest BCUT2D eigenvalue weighted by Crippen LogP contribution is 2.33. The van der Waals surface area contributed by atoms with E-state index in [0.29, 0.717) is 39.8 Å². The fourth-order valence-electron chi connectivity index (χ4n) is 3.68. The number of ether oxygens (including phenoxy) is 2. The van der Waals surface area contributed by atoms with Crippen LogP contribution in [-0.4, -0.2) is 37.3 Å². The summed E-state index contributed by atoms with van der Waals surface area (Å²) in [5.41, 5.74) is 1.17. The molecule has 0 aliphatic carbocycles. The standard InChI is InChI=1S/C22H19FN2O4S/c1-27-17-6-2-4-13-10-18(29-20(13)17)21(26)25(12-15-5-3-9-28-15)22-24-16-8-7-14(23)11-19(16)30-22/h2,4,6-8,10-11,15H,3,5,9,12H2,1H3. The first-order valence-corrected chi connectivity index (χ1v) is 10.5. The number of halogens is 1. The number of carbonyl (C=O) groups is 1. The summed E-state index contributed by atoms with van der Waals surface area (Å²) < 4.78 is 31.3. The average molecular weight is 426 g/mol. The van der Waals surface area contributed by atoms with Gasteiger partial charge >= 0.3 is 0 Å². The highest BCUT2D eigenvalue weighted by molar-refractivity contribution is 7.22. The van der Waals surface area contributed by atoms with E-state index in [0.717, 1.165) is 18.2 Å². The molecule has 3 heterocycles. The van der Waals surface area contributed by atoms with E-state index in [9.17, 15) is 9.18 Å². The number of hydrogen-bond acceptors (Lipinski definition) is 6. The number of aromatic nitrogens is 1. The van der Waals surface area contributed by atoms with Crippen molar-refractivity contribution in [1.82, 2.24) is 4.98 Å². The summed E-state index contributed by atoms with van der Waals surface area (Å²) in [6, 6.07) is 11.6. The van der Waals surface area contributed by atoms with E-state index in [4.69, 9.17) is 13.9 Å². The van der Waals surface area contributed by atoms with Crippen molar-refractivity contribution < 1.29 is 23.1 Å². The Hall–Kier alpha value is -2.97. The van der Waals surface area contributed by atoms with Crippen LogP contribution >= 0.6 is 11.3 Å². The molecular weight excluding hydrogens is 407 g/mol. The topological polar surface area (TPSA) is 64.8 Å². The van der Waals surface area contributed by atoms with E-state index in [1.54, 1.807) is 30.2 Å². The Balaban J connectivity index is 1.55. The summed E-state index contributed by atoms with van der Waals surface area (Å²) in [6.45, 7) is 1.04. The first-order chi connectivity index (χ1) is 14.6. The number of nitrogens with zero attached hydrogens (tertiary/aromatic N) is 2. The van der Waals surface area contributed by atoms with Gasteiger partial charge in [0.2, 0.25) is 0 Å². The lowest BCUT2D eigenvalue weighted by molar-refractivity contribution is 0.0896. The lowest BCUT2D eigenvalue weighted by Crippen LogP contribution is -2.37. The van der Waals surface area contributed by atoms with E-state index in [1.807, 2.05) is 12.1 Å². The smallest absolute Gasteiger partial charge is 0.295 e. The van der Waals surface area contributed by atoms with Gasteiger partial charge in [0.05, 0.1) is 30.0 Å². The van der Waals surface area contributed by atoms with Crippen molar-refractivity contribution in [2.24, 2.45) is 0 Å². The predicted octanol–water partition coefficient (Wildman–Crippen LogP) is 5.02. The van der Waals surface area contributed by atoms with E-state index in [2.05, 4.69) is 4.98 Å². The van der Waals surface area contributed by atoms with Crippen LogP contribution in [0.3, 0.4) is 0 Å². The molecule has 4 aromatic rings. The highest BCUT2D eigenvalue weighted by Gasteiger charge is 2.29. The summed E-state index contributed by atoms with van der Waals surface area (Å²) in [5.74, 6) is 0.105. The van der Waals surface area contributed by atoms with Gasteiger partial charge in [0.25, 0.3) is 5.91 Å². The number of carbonyl (C=O) groups excluding carboxylic acids is 1. The molecule has 1 amide bonds. The van der Waals surface area contributed by atoms with E-state index in [-0.39, 0.29) is 23.6 Å². The maximum Gasteiger partial charge on any atom is 0.295 e. The van der Waals surface area contributed by atoms with Crippen molar-refractivity contribution in [3.05, 3.63) is 54.0 Å². The molecular formula is C22H19FN2O4S. The van der Waals surface area contributed by atoms with Crippen LogP contribution < -0.4 is 9.64 Å². The molecule has 1 atom stereocenters. The van der Waals surface area contributed by atoms with Gasteiger partial charge in [-0.1, -0.05) is 23.5 Å². The van der Waals surface area contributed by atoms with Crippen molar-refractivity contribution in [2.75, 3.05) is 25.2 Å². The third kappa shape index (κ3) is 3.42. The summed E-state index contributed by atoms with van der Waals surface area (Å²) >= 11 is 1.27. The zero-order valence-electron chi connectivity index (χ0n) is 16.3. The van der Waals surface area contributed by atoms with Crippen LogP contribution in [-0.2, 0) is 4.74 Å². The lowest BCUT2D eigenvalue weighted by Gasteiger charge is -2.22. The van der Waals surface area contributed by atoms with Gasteiger partial charge in [0, 0.05) is 12.0 Å². The molecule has 5 rings (SSSR count). The molecule has 154 valence electrons. The van der Waals surface area contributed by atoms with Gasteiger partial charge in [-0.05, 0) is 43.2 Å². The van der Waals surface area contributed by atoms with Gasteiger partial charge in [0.15, 0.2) is 22.2 Å². The molecule has 1 saturated heterocycles. The molecule has 0 N–H and O–H groups in total. The van der Waals surface area contributed by atoms with Gasteiger partial charge < -0.3 is 13.9 Å². The van der Waals surface area contributed by atoms with E-state index < -0.39 is 0 Å². The molecule has 6 nitrogen and oxygen atoms in total. The maximum atomic E-state index is 13.6. The zero-order valence-corrected chi connectivity index (χ0v) is 17.1. The predicted molar refractivity (Wildman–Crippen MR) is 113 cm³/mol. The molecule has 1 unspecified atom stereocenters. The summed E-state index contributed by atoms with van der Waals surface area (Å²) in [4.78, 5) is 19.6. The Morgan fingerprint density at radius 1 is 1.33 bits per heavy atom. The second-order valence-corrected chi connectivity index (χ2v) is 8.16. The van der Waals surface area contributed by atoms with Crippen molar-refractivity contribution in [3.63, 3.8) is 0 Å². The Morgan fingerprint density at radius 2 is 2.23 bits per heavy atom. The minimum atomic E-state index is -0.334. The molecule has 2 aromatic carbocycles. The number of methoxy groups -OCH3 is 1. The van der Waals surface area contributed by atoms with Gasteiger partial charge in [-0.25, -0.2) is 9.37 Å². The molecule has 0 spiro atoms. The van der Waals surface area contributed by atoms with E-state index in [1.165, 1.54) is 23.5 Å². The van der Waals surface area contributed by atoms with Crippen LogP contribution in [0.1, 0.15) is 23.4 Å². The van der Waals surface area contributed by atoms with Crippen molar-refractivity contribution in [1.29, 1.82) is 0 Å². The fourth-order valence-corrected chi connectivity index (χ4v) is 4.68. The van der Waals surface area contributed by atoms with E-state index >= 15 is 0 Å². The van der Waals surface area contributed by atoms with Crippen LogP contribution in [0.25, 0.3) is 21.2 Å². The number of para-hydroxylation sites is 1. The lowest BCUT2D eigenvalue weighted by atomic mass is 10.2. The monoisotopic (exact) mass is 426 g/mol. The number of thiazole rings is 1. The Morgan fingerprint density at radius 3 is 3.03 bits per heavy atom. The van der Waals surface area contributed by atoms with Gasteiger partial charge in [-0.3, -0.25) is 9.69 Å². The largest absolute Gasteiger partial charge is 0.493 e. The van der Waals surface area contributed by atoms with Gasteiger partial charge in [-0.15, -0.1) is 0 Å². The molecule has 0 radical (unpaired) electrons. The second-order valence-electron chi connectivity index (χ2n) is 7.15. The van der Waals surface area contributed by atoms with Crippen molar-refractivity contribution in [2.45, 2.75) is 18.9 Å². The zero-order chi connectivity index (χ0) is 20.7. The third-order valence-electron chi connectivity index (χ3n) is 5.16. The molecule has 0 saturated carbocycles. The molecule has 1 aliphatic heterocycles. The van der Waals surface area contributed by atoms with Gasteiger partial charge in [-0.2, -0.15) is 0 Å². The minimum Gasteiger partial charge on any atom is -0.493 e. The van der Waals surface area contributed by atoms with Crippen LogP contribution in [0.4, 0.5) is 9.52 Å². The molecule has 1 aliphatic rings. The molecule has 8 heteroatoms. The number of hydrogen-bond donors (Lipinski definition) is 0.